The minimum absolute atomic E-state index is 0.0710. The third kappa shape index (κ3) is 3.96. The van der Waals surface area contributed by atoms with Gasteiger partial charge in [0.05, 0.1) is 12.8 Å². The Morgan fingerprint density at radius 1 is 0.879 bits per heavy atom. The predicted octanol–water partition coefficient (Wildman–Crippen LogP) is 4.58. The van der Waals surface area contributed by atoms with Crippen molar-refractivity contribution in [2.24, 2.45) is 0 Å². The molecule has 0 unspecified atom stereocenters. The van der Waals surface area contributed by atoms with Gasteiger partial charge in [-0.2, -0.15) is 0 Å². The summed E-state index contributed by atoms with van der Waals surface area (Å²) in [6, 6.07) is 17.2. The number of hydrogen-bond acceptors (Lipinski definition) is 4. The SMILES string of the molecule is COc1ccc(-n2c(C)cc(/C=C3/C(=O)N(C)C(=S)N(c4ccc(C)cc4)C3=O)c2C)cc1. The third-order valence-corrected chi connectivity index (χ3v) is 6.30. The second-order valence-corrected chi connectivity index (χ2v) is 8.41. The van der Waals surface area contributed by atoms with Crippen molar-refractivity contribution in [3.63, 3.8) is 0 Å². The molecule has 0 saturated carbocycles. The molecule has 3 aromatic rings. The first-order valence-corrected chi connectivity index (χ1v) is 10.9. The molecule has 2 aromatic carbocycles. The third-order valence-electron chi connectivity index (χ3n) is 5.84. The van der Waals surface area contributed by atoms with Crippen molar-refractivity contribution in [2.75, 3.05) is 19.1 Å². The van der Waals surface area contributed by atoms with E-state index in [0.29, 0.717) is 5.69 Å². The van der Waals surface area contributed by atoms with Crippen LogP contribution in [0.2, 0.25) is 0 Å². The Morgan fingerprint density at radius 3 is 2.09 bits per heavy atom. The van der Waals surface area contributed by atoms with Crippen LogP contribution in [0.15, 0.2) is 60.2 Å². The van der Waals surface area contributed by atoms with E-state index in [2.05, 4.69) is 4.57 Å². The molecule has 33 heavy (non-hydrogen) atoms. The summed E-state index contributed by atoms with van der Waals surface area (Å²) in [5, 5.41) is 0.162. The van der Waals surface area contributed by atoms with Crippen molar-refractivity contribution in [1.82, 2.24) is 9.47 Å². The first-order valence-electron chi connectivity index (χ1n) is 10.5. The fourth-order valence-corrected chi connectivity index (χ4v) is 4.25. The lowest BCUT2D eigenvalue weighted by Crippen LogP contribution is -2.54. The van der Waals surface area contributed by atoms with Crippen LogP contribution in [0.3, 0.4) is 0 Å². The van der Waals surface area contributed by atoms with Crippen LogP contribution < -0.4 is 9.64 Å². The van der Waals surface area contributed by atoms with Crippen LogP contribution in [0.1, 0.15) is 22.5 Å². The molecule has 6 nitrogen and oxygen atoms in total. The summed E-state index contributed by atoms with van der Waals surface area (Å²) in [4.78, 5) is 29.2. The maximum atomic E-state index is 13.4. The highest BCUT2D eigenvalue weighted by molar-refractivity contribution is 7.80. The lowest BCUT2D eigenvalue weighted by Gasteiger charge is -2.34. The van der Waals surface area contributed by atoms with Crippen LogP contribution >= 0.6 is 12.2 Å². The molecular formula is C26H25N3O3S. The number of rotatable bonds is 4. The van der Waals surface area contributed by atoms with Gasteiger partial charge in [0, 0.05) is 24.1 Å². The molecule has 4 rings (SSSR count). The number of anilines is 1. The quantitative estimate of drug-likeness (QED) is 0.325. The molecule has 1 fully saturated rings. The predicted molar refractivity (Wildman–Crippen MR) is 134 cm³/mol. The monoisotopic (exact) mass is 459 g/mol. The molecule has 2 amide bonds. The molecule has 0 N–H and O–H groups in total. The highest BCUT2D eigenvalue weighted by Crippen LogP contribution is 2.28. The van der Waals surface area contributed by atoms with Gasteiger partial charge in [-0.15, -0.1) is 0 Å². The normalized spacial score (nSPS) is 15.5. The molecule has 0 atom stereocenters. The van der Waals surface area contributed by atoms with E-state index >= 15 is 0 Å². The van der Waals surface area contributed by atoms with Gasteiger partial charge in [0.15, 0.2) is 5.11 Å². The minimum Gasteiger partial charge on any atom is -0.497 e. The largest absolute Gasteiger partial charge is 0.497 e. The molecule has 1 aromatic heterocycles. The van der Waals surface area contributed by atoms with Crippen LogP contribution in [0.5, 0.6) is 5.75 Å². The van der Waals surface area contributed by atoms with Gasteiger partial charge in [0.1, 0.15) is 11.3 Å². The Hall–Kier alpha value is -3.71. The minimum atomic E-state index is -0.429. The number of aryl methyl sites for hydroxylation is 2. The number of methoxy groups -OCH3 is 1. The Morgan fingerprint density at radius 2 is 1.48 bits per heavy atom. The van der Waals surface area contributed by atoms with Crippen molar-refractivity contribution >= 4 is 40.9 Å². The van der Waals surface area contributed by atoms with Crippen LogP contribution in [0.25, 0.3) is 11.8 Å². The number of carbonyl (C=O) groups excluding carboxylic acids is 2. The van der Waals surface area contributed by atoms with Gasteiger partial charge in [0.25, 0.3) is 11.8 Å². The molecular weight excluding hydrogens is 434 g/mol. The van der Waals surface area contributed by atoms with Crippen LogP contribution in [0, 0.1) is 20.8 Å². The van der Waals surface area contributed by atoms with Gasteiger partial charge in [-0.25, -0.2) is 0 Å². The van der Waals surface area contributed by atoms with Crippen LogP contribution in [-0.2, 0) is 9.59 Å². The fourth-order valence-electron chi connectivity index (χ4n) is 3.98. The van der Waals surface area contributed by atoms with Crippen molar-refractivity contribution in [2.45, 2.75) is 20.8 Å². The van der Waals surface area contributed by atoms with E-state index in [4.69, 9.17) is 17.0 Å². The van der Waals surface area contributed by atoms with E-state index in [1.807, 2.05) is 75.4 Å². The Kier molecular flexibility index (Phi) is 5.91. The molecule has 1 saturated heterocycles. The Bertz CT molecular complexity index is 1290. The summed E-state index contributed by atoms with van der Waals surface area (Å²) in [5.74, 6) is -0.0685. The highest BCUT2D eigenvalue weighted by atomic mass is 32.1. The molecule has 0 aliphatic carbocycles. The standard InChI is InChI=1S/C26H25N3O3S/c1-16-6-8-21(9-7-16)29-25(31)23(24(30)27(4)26(29)33)15-19-14-17(2)28(18(19)3)20-10-12-22(32-5)13-11-20/h6-15H,1-5H3/b23-15-. The van der Waals surface area contributed by atoms with E-state index < -0.39 is 11.8 Å². The second kappa shape index (κ2) is 8.67. The lowest BCUT2D eigenvalue weighted by atomic mass is 10.1. The highest BCUT2D eigenvalue weighted by Gasteiger charge is 2.38. The Balaban J connectivity index is 1.77. The number of carbonyl (C=O) groups is 2. The number of ether oxygens (including phenoxy) is 1. The number of amides is 2. The summed E-state index contributed by atoms with van der Waals surface area (Å²) in [6.45, 7) is 5.93. The van der Waals surface area contributed by atoms with E-state index in [-0.39, 0.29) is 10.7 Å². The molecule has 168 valence electrons. The Labute approximate surface area is 198 Å². The molecule has 2 heterocycles. The zero-order valence-corrected chi connectivity index (χ0v) is 20.1. The number of likely N-dealkylation sites (N-methyl/N-ethyl adjacent to an activating group) is 1. The number of nitrogens with zero attached hydrogens (tertiary/aromatic N) is 3. The summed E-state index contributed by atoms with van der Waals surface area (Å²) in [6.07, 6.45) is 1.66. The van der Waals surface area contributed by atoms with Crippen molar-refractivity contribution in [1.29, 1.82) is 0 Å². The van der Waals surface area contributed by atoms with E-state index in [1.165, 1.54) is 9.80 Å². The topological polar surface area (TPSA) is 54.8 Å². The van der Waals surface area contributed by atoms with E-state index in [1.54, 1.807) is 20.2 Å². The van der Waals surface area contributed by atoms with Gasteiger partial charge in [-0.3, -0.25) is 19.4 Å². The summed E-state index contributed by atoms with van der Waals surface area (Å²) < 4.78 is 7.33. The van der Waals surface area contributed by atoms with Crippen molar-refractivity contribution < 1.29 is 14.3 Å². The van der Waals surface area contributed by atoms with Gasteiger partial charge < -0.3 is 9.30 Å². The summed E-state index contributed by atoms with van der Waals surface area (Å²) in [5.41, 5.74) is 5.44. The van der Waals surface area contributed by atoms with Gasteiger partial charge in [-0.1, -0.05) is 17.7 Å². The average molecular weight is 460 g/mol. The number of benzene rings is 2. The zero-order valence-electron chi connectivity index (χ0n) is 19.2. The van der Waals surface area contributed by atoms with E-state index in [9.17, 15) is 9.59 Å². The second-order valence-electron chi connectivity index (χ2n) is 8.04. The number of hydrogen-bond donors (Lipinski definition) is 0. The van der Waals surface area contributed by atoms with Crippen LogP contribution in [-0.4, -0.2) is 40.6 Å². The molecule has 1 aliphatic heterocycles. The van der Waals surface area contributed by atoms with E-state index in [0.717, 1.165) is 34.0 Å². The summed E-state index contributed by atoms with van der Waals surface area (Å²) in [7, 11) is 3.22. The van der Waals surface area contributed by atoms with Gasteiger partial charge >= 0.3 is 0 Å². The van der Waals surface area contributed by atoms with Crippen molar-refractivity contribution in [3.05, 3.63) is 82.7 Å². The molecule has 0 radical (unpaired) electrons. The smallest absolute Gasteiger partial charge is 0.270 e. The maximum absolute atomic E-state index is 13.4. The molecule has 1 aliphatic rings. The first-order chi connectivity index (χ1) is 15.7. The fraction of sp³-hybridized carbons (Fsp3) is 0.192. The molecule has 7 heteroatoms. The maximum Gasteiger partial charge on any atom is 0.270 e. The molecule has 0 bridgehead atoms. The molecule has 0 spiro atoms. The van der Waals surface area contributed by atoms with Crippen LogP contribution in [0.4, 0.5) is 5.69 Å². The number of aromatic nitrogens is 1. The van der Waals surface area contributed by atoms with Gasteiger partial charge in [0.2, 0.25) is 0 Å². The first kappa shape index (κ1) is 22.5. The number of thiocarbonyl (C=S) groups is 1. The summed E-state index contributed by atoms with van der Waals surface area (Å²) >= 11 is 5.44. The zero-order chi connectivity index (χ0) is 23.9. The van der Waals surface area contributed by atoms with Gasteiger partial charge in [-0.05, 0) is 87.1 Å². The average Bonchev–Trinajstić information content (AvgIpc) is 3.09. The lowest BCUT2D eigenvalue weighted by molar-refractivity contribution is -0.127. The van der Waals surface area contributed by atoms with Crippen molar-refractivity contribution in [3.8, 4) is 11.4 Å².